The fourth-order valence-electron chi connectivity index (χ4n) is 4.45. The van der Waals surface area contributed by atoms with Crippen molar-refractivity contribution in [2.45, 2.75) is 103 Å². The second-order valence-electron chi connectivity index (χ2n) is 8.72. The van der Waals surface area contributed by atoms with E-state index in [1.54, 1.807) is 7.11 Å². The quantitative estimate of drug-likeness (QED) is 0.489. The Morgan fingerprint density at radius 1 is 1.07 bits per heavy atom. The van der Waals surface area contributed by atoms with Crippen molar-refractivity contribution >= 4 is 0 Å². The van der Waals surface area contributed by atoms with Crippen LogP contribution in [0.25, 0.3) is 0 Å². The zero-order valence-corrected chi connectivity index (χ0v) is 18.7. The van der Waals surface area contributed by atoms with Crippen molar-refractivity contribution in [3.63, 3.8) is 0 Å². The second-order valence-corrected chi connectivity index (χ2v) is 8.72. The van der Waals surface area contributed by atoms with Gasteiger partial charge in [-0.1, -0.05) is 58.7 Å². The molecule has 3 rings (SSSR count). The molecule has 1 unspecified atom stereocenters. The van der Waals surface area contributed by atoms with E-state index in [-0.39, 0.29) is 24.6 Å². The first-order chi connectivity index (χ1) is 14.0. The summed E-state index contributed by atoms with van der Waals surface area (Å²) in [5.41, 5.74) is 1.03. The van der Waals surface area contributed by atoms with Crippen molar-refractivity contribution in [3.8, 4) is 5.75 Å². The molecule has 0 N–H and O–H groups in total. The maximum atomic E-state index is 6.58. The van der Waals surface area contributed by atoms with Gasteiger partial charge in [0, 0.05) is 18.4 Å². The van der Waals surface area contributed by atoms with Crippen LogP contribution in [-0.2, 0) is 25.6 Å². The minimum atomic E-state index is -0.533. The number of ether oxygens (including phenoxy) is 5. The maximum absolute atomic E-state index is 6.58. The number of methoxy groups -OCH3 is 1. The highest BCUT2D eigenvalue weighted by molar-refractivity contribution is 5.32. The Bertz CT molecular complexity index is 633. The molecule has 1 aromatic carbocycles. The molecule has 5 heteroatoms. The summed E-state index contributed by atoms with van der Waals surface area (Å²) in [6, 6.07) is 7.98. The standard InChI is InChI=1S/C24H38O5/c1-6-8-14-24(13-7-2)28-22-21(20(15-17(3)4)27-23(22)29-24)26-16-18-11-9-10-12-19(18)25-5/h9-12,17,20-23H,6-8,13-16H2,1-5H3/t20-,21+,22-,23-,24?/m1/s1. The summed E-state index contributed by atoms with van der Waals surface area (Å²) in [5, 5.41) is 0. The second kappa shape index (κ2) is 10.3. The molecule has 0 bridgehead atoms. The third-order valence-corrected chi connectivity index (χ3v) is 5.82. The highest BCUT2D eigenvalue weighted by Crippen LogP contribution is 2.45. The molecule has 2 saturated heterocycles. The summed E-state index contributed by atoms with van der Waals surface area (Å²) < 4.78 is 31.2. The Morgan fingerprint density at radius 2 is 1.86 bits per heavy atom. The number of fused-ring (bicyclic) bond motifs is 1. The van der Waals surface area contributed by atoms with Crippen LogP contribution in [0.5, 0.6) is 5.75 Å². The fraction of sp³-hybridized carbons (Fsp3) is 0.750. The third kappa shape index (κ3) is 5.32. The Balaban J connectivity index is 1.74. The molecule has 2 heterocycles. The van der Waals surface area contributed by atoms with Crippen LogP contribution in [0, 0.1) is 5.92 Å². The number of hydrogen-bond acceptors (Lipinski definition) is 5. The number of hydrogen-bond donors (Lipinski definition) is 0. The van der Waals surface area contributed by atoms with Crippen molar-refractivity contribution in [1.29, 1.82) is 0 Å². The molecule has 0 aliphatic carbocycles. The van der Waals surface area contributed by atoms with Crippen molar-refractivity contribution in [1.82, 2.24) is 0 Å². The van der Waals surface area contributed by atoms with E-state index in [2.05, 4.69) is 27.7 Å². The number of para-hydroxylation sites is 1. The average Bonchev–Trinajstić information content (AvgIpc) is 3.19. The van der Waals surface area contributed by atoms with Crippen molar-refractivity contribution in [2.24, 2.45) is 5.92 Å². The van der Waals surface area contributed by atoms with E-state index in [0.717, 1.165) is 49.8 Å². The molecule has 0 saturated carbocycles. The summed E-state index contributed by atoms with van der Waals surface area (Å²) in [6.45, 7) is 9.25. The van der Waals surface area contributed by atoms with E-state index in [1.807, 2.05) is 24.3 Å². The Morgan fingerprint density at radius 3 is 2.55 bits per heavy atom. The van der Waals surface area contributed by atoms with Crippen LogP contribution in [0.1, 0.15) is 71.8 Å². The van der Waals surface area contributed by atoms with Crippen molar-refractivity contribution in [2.75, 3.05) is 7.11 Å². The number of unbranched alkanes of at least 4 members (excludes halogenated alkanes) is 1. The number of rotatable bonds is 11. The highest BCUT2D eigenvalue weighted by atomic mass is 16.8. The first-order valence-corrected chi connectivity index (χ1v) is 11.3. The van der Waals surface area contributed by atoms with E-state index in [0.29, 0.717) is 12.5 Å². The van der Waals surface area contributed by atoms with E-state index in [9.17, 15) is 0 Å². The van der Waals surface area contributed by atoms with Gasteiger partial charge in [-0.25, -0.2) is 0 Å². The van der Waals surface area contributed by atoms with Crippen LogP contribution in [0.3, 0.4) is 0 Å². The van der Waals surface area contributed by atoms with Gasteiger partial charge in [-0.15, -0.1) is 0 Å². The SMILES string of the molecule is CCCCC1(CCC)O[C@H]2O[C@H](CC(C)C)[C@H](OCc3ccccc3OC)[C@H]2O1. The lowest BCUT2D eigenvalue weighted by Gasteiger charge is -2.31. The Kier molecular flexibility index (Phi) is 7.97. The Labute approximate surface area is 176 Å². The molecule has 2 fully saturated rings. The summed E-state index contributed by atoms with van der Waals surface area (Å²) in [6.07, 6.45) is 5.25. The molecule has 5 nitrogen and oxygen atoms in total. The molecular weight excluding hydrogens is 368 g/mol. The molecule has 0 amide bonds. The van der Waals surface area contributed by atoms with Crippen LogP contribution < -0.4 is 4.74 Å². The highest BCUT2D eigenvalue weighted by Gasteiger charge is 2.57. The maximum Gasteiger partial charge on any atom is 0.190 e. The van der Waals surface area contributed by atoms with E-state index >= 15 is 0 Å². The molecule has 0 radical (unpaired) electrons. The third-order valence-electron chi connectivity index (χ3n) is 5.82. The van der Waals surface area contributed by atoms with Gasteiger partial charge < -0.3 is 23.7 Å². The van der Waals surface area contributed by atoms with Crippen LogP contribution in [0.4, 0.5) is 0 Å². The molecule has 5 atom stereocenters. The molecular formula is C24H38O5. The lowest BCUT2D eigenvalue weighted by Crippen LogP contribution is -2.39. The molecule has 164 valence electrons. The fourth-order valence-corrected chi connectivity index (χ4v) is 4.45. The topological polar surface area (TPSA) is 46.2 Å². The van der Waals surface area contributed by atoms with Crippen LogP contribution >= 0.6 is 0 Å². The first-order valence-electron chi connectivity index (χ1n) is 11.3. The lowest BCUT2D eigenvalue weighted by molar-refractivity contribution is -0.244. The zero-order chi connectivity index (χ0) is 20.9. The smallest absolute Gasteiger partial charge is 0.190 e. The molecule has 2 aliphatic heterocycles. The van der Waals surface area contributed by atoms with Crippen molar-refractivity contribution < 1.29 is 23.7 Å². The molecule has 2 aliphatic rings. The predicted molar refractivity (Wildman–Crippen MR) is 113 cm³/mol. The van der Waals surface area contributed by atoms with Gasteiger partial charge in [-0.2, -0.15) is 0 Å². The predicted octanol–water partition coefficient (Wildman–Crippen LogP) is 5.45. The minimum absolute atomic E-state index is 0.0227. The molecule has 29 heavy (non-hydrogen) atoms. The van der Waals surface area contributed by atoms with Gasteiger partial charge in [0.25, 0.3) is 0 Å². The average molecular weight is 407 g/mol. The molecule has 0 spiro atoms. The monoisotopic (exact) mass is 406 g/mol. The van der Waals surface area contributed by atoms with Crippen LogP contribution in [0.15, 0.2) is 24.3 Å². The minimum Gasteiger partial charge on any atom is -0.496 e. The first kappa shape index (κ1) is 22.5. The largest absolute Gasteiger partial charge is 0.496 e. The Hall–Kier alpha value is -1.14. The van der Waals surface area contributed by atoms with Gasteiger partial charge >= 0.3 is 0 Å². The summed E-state index contributed by atoms with van der Waals surface area (Å²) in [5.74, 6) is 0.821. The van der Waals surface area contributed by atoms with Crippen LogP contribution in [-0.4, -0.2) is 37.5 Å². The van der Waals surface area contributed by atoms with E-state index < -0.39 is 5.79 Å². The van der Waals surface area contributed by atoms with Crippen LogP contribution in [0.2, 0.25) is 0 Å². The summed E-state index contributed by atoms with van der Waals surface area (Å²) >= 11 is 0. The van der Waals surface area contributed by atoms with Crippen molar-refractivity contribution in [3.05, 3.63) is 29.8 Å². The van der Waals surface area contributed by atoms with Gasteiger partial charge in [0.1, 0.15) is 18.0 Å². The van der Waals surface area contributed by atoms with Gasteiger partial charge in [0.15, 0.2) is 12.1 Å². The lowest BCUT2D eigenvalue weighted by atomic mass is 10.00. The van der Waals surface area contributed by atoms with Gasteiger partial charge in [0.2, 0.25) is 0 Å². The molecule has 1 aromatic rings. The van der Waals surface area contributed by atoms with E-state index in [1.165, 1.54) is 0 Å². The molecule has 0 aromatic heterocycles. The van der Waals surface area contributed by atoms with Gasteiger partial charge in [0.05, 0.1) is 19.8 Å². The van der Waals surface area contributed by atoms with Gasteiger partial charge in [-0.05, 0) is 24.8 Å². The zero-order valence-electron chi connectivity index (χ0n) is 18.7. The van der Waals surface area contributed by atoms with Gasteiger partial charge in [-0.3, -0.25) is 0 Å². The summed E-state index contributed by atoms with van der Waals surface area (Å²) in [4.78, 5) is 0. The summed E-state index contributed by atoms with van der Waals surface area (Å²) in [7, 11) is 1.69. The van der Waals surface area contributed by atoms with E-state index in [4.69, 9.17) is 23.7 Å². The number of benzene rings is 1. The normalized spacial score (nSPS) is 31.4.